The van der Waals surface area contributed by atoms with Crippen LogP contribution < -0.4 is 0 Å². The summed E-state index contributed by atoms with van der Waals surface area (Å²) >= 11 is 0. The zero-order chi connectivity index (χ0) is 23.3. The predicted octanol–water partition coefficient (Wildman–Crippen LogP) is 3.91. The summed E-state index contributed by atoms with van der Waals surface area (Å²) in [5.41, 5.74) is 1.39. The maximum atomic E-state index is 13.5. The minimum Gasteiger partial charge on any atom is -0.479 e. The molecule has 8 nitrogen and oxygen atoms in total. The molecule has 2 aliphatic rings. The van der Waals surface area contributed by atoms with Gasteiger partial charge in [0.2, 0.25) is 0 Å². The van der Waals surface area contributed by atoms with Crippen molar-refractivity contribution in [2.24, 2.45) is 0 Å². The van der Waals surface area contributed by atoms with Crippen LogP contribution in [0.2, 0.25) is 0 Å². The first-order valence-corrected chi connectivity index (χ1v) is 10.3. The van der Waals surface area contributed by atoms with Crippen molar-refractivity contribution in [1.82, 2.24) is 0 Å². The SMILES string of the molecule is O=C1C2=C(C(=O)c3cc4ccccc4cc31)C(Cc1ccc([N+](=O)[O-])cc1)OC(C(=O)O)C2. The second-order valence-corrected chi connectivity index (χ2v) is 8.08. The number of aliphatic carboxylic acids is 1. The Morgan fingerprint density at radius 2 is 1.61 bits per heavy atom. The number of carbonyl (C=O) groups is 3. The van der Waals surface area contributed by atoms with Gasteiger partial charge in [0.05, 0.1) is 11.0 Å². The second kappa shape index (κ2) is 7.75. The third kappa shape index (κ3) is 3.50. The zero-order valence-corrected chi connectivity index (χ0v) is 17.2. The van der Waals surface area contributed by atoms with E-state index in [0.29, 0.717) is 5.56 Å². The average molecular weight is 443 g/mol. The Morgan fingerprint density at radius 3 is 2.18 bits per heavy atom. The fraction of sp³-hybridized carbons (Fsp3) is 0.160. The van der Waals surface area contributed by atoms with Crippen molar-refractivity contribution in [2.75, 3.05) is 0 Å². The van der Waals surface area contributed by atoms with Crippen LogP contribution in [0.4, 0.5) is 5.69 Å². The van der Waals surface area contributed by atoms with Crippen molar-refractivity contribution in [2.45, 2.75) is 25.0 Å². The average Bonchev–Trinajstić information content (AvgIpc) is 2.81. The maximum Gasteiger partial charge on any atom is 0.333 e. The summed E-state index contributed by atoms with van der Waals surface area (Å²) in [5, 5.41) is 22.1. The molecular weight excluding hydrogens is 426 g/mol. The number of nitro groups is 1. The topological polar surface area (TPSA) is 124 Å². The Bertz CT molecular complexity index is 1390. The number of benzene rings is 3. The van der Waals surface area contributed by atoms with Crippen molar-refractivity contribution >= 4 is 34.0 Å². The van der Waals surface area contributed by atoms with E-state index in [4.69, 9.17) is 4.74 Å². The molecule has 2 atom stereocenters. The quantitative estimate of drug-likeness (QED) is 0.479. The number of ketones is 2. The lowest BCUT2D eigenvalue weighted by molar-refractivity contribution is -0.384. The van der Waals surface area contributed by atoms with Crippen LogP contribution in [-0.4, -0.2) is 39.8 Å². The Labute approximate surface area is 187 Å². The highest BCUT2D eigenvalue weighted by atomic mass is 16.6. The molecule has 5 rings (SSSR count). The van der Waals surface area contributed by atoms with Gasteiger partial charge in [-0.2, -0.15) is 0 Å². The highest BCUT2D eigenvalue weighted by Gasteiger charge is 2.43. The number of carbonyl (C=O) groups excluding carboxylic acids is 2. The number of hydrogen-bond donors (Lipinski definition) is 1. The van der Waals surface area contributed by atoms with Gasteiger partial charge in [-0.25, -0.2) is 4.79 Å². The molecule has 0 aromatic heterocycles. The van der Waals surface area contributed by atoms with Crippen molar-refractivity contribution < 1.29 is 29.2 Å². The molecule has 33 heavy (non-hydrogen) atoms. The first-order chi connectivity index (χ1) is 15.8. The number of carboxylic acids is 1. The van der Waals surface area contributed by atoms with E-state index >= 15 is 0 Å². The highest BCUT2D eigenvalue weighted by molar-refractivity contribution is 6.28. The largest absolute Gasteiger partial charge is 0.479 e. The molecule has 1 heterocycles. The lowest BCUT2D eigenvalue weighted by atomic mass is 9.76. The van der Waals surface area contributed by atoms with E-state index in [1.54, 1.807) is 12.1 Å². The number of non-ortho nitro benzene ring substituents is 1. The van der Waals surface area contributed by atoms with E-state index in [1.165, 1.54) is 24.3 Å². The van der Waals surface area contributed by atoms with Gasteiger partial charge in [-0.15, -0.1) is 0 Å². The zero-order valence-electron chi connectivity index (χ0n) is 17.2. The van der Waals surface area contributed by atoms with Crippen LogP contribution in [0.5, 0.6) is 0 Å². The molecule has 0 fully saturated rings. The monoisotopic (exact) mass is 443 g/mol. The molecule has 8 heteroatoms. The summed E-state index contributed by atoms with van der Waals surface area (Å²) in [5.74, 6) is -1.95. The van der Waals surface area contributed by atoms with Crippen LogP contribution in [-0.2, 0) is 16.0 Å². The number of carboxylic acid groups (broad SMARTS) is 1. The molecule has 0 spiro atoms. The molecular formula is C25H17NO7. The maximum absolute atomic E-state index is 13.5. The summed E-state index contributed by atoms with van der Waals surface area (Å²) in [6.45, 7) is 0. The van der Waals surface area contributed by atoms with Gasteiger partial charge in [-0.05, 0) is 28.5 Å². The number of Topliss-reactive ketones (excluding diaryl/α,β-unsaturated/α-hetero) is 2. The third-order valence-electron chi connectivity index (χ3n) is 6.10. The lowest BCUT2D eigenvalue weighted by Gasteiger charge is -2.34. The van der Waals surface area contributed by atoms with Crippen LogP contribution >= 0.6 is 0 Å². The molecule has 1 N–H and O–H groups in total. The van der Waals surface area contributed by atoms with Gasteiger partial charge in [0.15, 0.2) is 17.7 Å². The molecule has 0 bridgehead atoms. The molecule has 1 aliphatic heterocycles. The van der Waals surface area contributed by atoms with E-state index in [9.17, 15) is 29.6 Å². The molecule has 0 saturated carbocycles. The Hall–Kier alpha value is -4.17. The normalized spacial score (nSPS) is 19.9. The van der Waals surface area contributed by atoms with E-state index in [2.05, 4.69) is 0 Å². The van der Waals surface area contributed by atoms with E-state index in [-0.39, 0.29) is 52.4 Å². The van der Waals surface area contributed by atoms with Gasteiger partial charge < -0.3 is 9.84 Å². The number of nitro benzene ring substituents is 1. The van der Waals surface area contributed by atoms with Crippen molar-refractivity contribution in [3.05, 3.63) is 98.6 Å². The standard InChI is InChI=1S/C25H17NO7/c27-23-17-10-14-3-1-2-4-15(14)11-18(17)24(28)22-19(23)12-21(25(29)30)33-20(22)9-13-5-7-16(8-6-13)26(31)32/h1-8,10-11,20-21H,9,12H2,(H,29,30). The first kappa shape index (κ1) is 20.7. The second-order valence-electron chi connectivity index (χ2n) is 8.08. The summed E-state index contributed by atoms with van der Waals surface area (Å²) in [6, 6.07) is 16.4. The fourth-order valence-corrected chi connectivity index (χ4v) is 4.49. The summed E-state index contributed by atoms with van der Waals surface area (Å²) in [6.07, 6.45) is -2.33. The van der Waals surface area contributed by atoms with Gasteiger partial charge in [0.1, 0.15) is 0 Å². The van der Waals surface area contributed by atoms with Crippen LogP contribution in [0.3, 0.4) is 0 Å². The van der Waals surface area contributed by atoms with Gasteiger partial charge in [-0.1, -0.05) is 36.4 Å². The Morgan fingerprint density at radius 1 is 1.00 bits per heavy atom. The number of rotatable bonds is 4. The van der Waals surface area contributed by atoms with Gasteiger partial charge in [0, 0.05) is 47.2 Å². The Balaban J connectivity index is 1.59. The van der Waals surface area contributed by atoms with Gasteiger partial charge in [-0.3, -0.25) is 19.7 Å². The number of hydrogen-bond acceptors (Lipinski definition) is 6. The molecule has 3 aromatic carbocycles. The molecule has 1 aliphatic carbocycles. The molecule has 164 valence electrons. The molecule has 0 amide bonds. The van der Waals surface area contributed by atoms with Gasteiger partial charge >= 0.3 is 5.97 Å². The minimum atomic E-state index is -1.27. The smallest absolute Gasteiger partial charge is 0.333 e. The van der Waals surface area contributed by atoms with E-state index < -0.39 is 23.1 Å². The van der Waals surface area contributed by atoms with Crippen molar-refractivity contribution in [3.8, 4) is 0 Å². The van der Waals surface area contributed by atoms with Crippen LogP contribution in [0.15, 0.2) is 71.8 Å². The third-order valence-corrected chi connectivity index (χ3v) is 6.10. The predicted molar refractivity (Wildman–Crippen MR) is 117 cm³/mol. The molecule has 3 aromatic rings. The number of ether oxygens (including phenoxy) is 1. The minimum absolute atomic E-state index is 0.0867. The first-order valence-electron chi connectivity index (χ1n) is 10.3. The summed E-state index contributed by atoms with van der Waals surface area (Å²) < 4.78 is 5.76. The van der Waals surface area contributed by atoms with E-state index in [0.717, 1.165) is 10.8 Å². The number of fused-ring (bicyclic) bond motifs is 2. The highest BCUT2D eigenvalue weighted by Crippen LogP contribution is 2.38. The van der Waals surface area contributed by atoms with Crippen molar-refractivity contribution in [1.29, 1.82) is 0 Å². The van der Waals surface area contributed by atoms with Crippen LogP contribution in [0.25, 0.3) is 10.8 Å². The molecule has 0 radical (unpaired) electrons. The van der Waals surface area contributed by atoms with E-state index in [1.807, 2.05) is 24.3 Å². The van der Waals surface area contributed by atoms with Crippen molar-refractivity contribution in [3.63, 3.8) is 0 Å². The van der Waals surface area contributed by atoms with Gasteiger partial charge in [0.25, 0.3) is 5.69 Å². The Kier molecular flexibility index (Phi) is 4.87. The molecule has 0 saturated heterocycles. The molecule has 2 unspecified atom stereocenters. The number of nitrogens with zero attached hydrogens (tertiary/aromatic N) is 1. The lowest BCUT2D eigenvalue weighted by Crippen LogP contribution is -2.42. The summed E-state index contributed by atoms with van der Waals surface area (Å²) in [4.78, 5) is 49.1. The fourth-order valence-electron chi connectivity index (χ4n) is 4.49. The van der Waals surface area contributed by atoms with Crippen LogP contribution in [0, 0.1) is 10.1 Å². The summed E-state index contributed by atoms with van der Waals surface area (Å²) in [7, 11) is 0. The van der Waals surface area contributed by atoms with Crippen LogP contribution in [0.1, 0.15) is 32.7 Å².